The van der Waals surface area contributed by atoms with Crippen molar-refractivity contribution in [2.45, 2.75) is 52.0 Å². The van der Waals surface area contributed by atoms with Crippen LogP contribution in [-0.2, 0) is 4.79 Å². The Kier molecular flexibility index (Phi) is 11.5. The van der Waals surface area contributed by atoms with E-state index in [9.17, 15) is 9.59 Å². The highest BCUT2D eigenvalue weighted by atomic mass is 35.5. The maximum Gasteiger partial charge on any atom is 0.253 e. The van der Waals surface area contributed by atoms with Crippen molar-refractivity contribution in [1.82, 2.24) is 5.32 Å². The van der Waals surface area contributed by atoms with E-state index in [4.69, 9.17) is 17.3 Å². The Bertz CT molecular complexity index is 537. The van der Waals surface area contributed by atoms with Crippen LogP contribution >= 0.6 is 24.0 Å². The van der Waals surface area contributed by atoms with Gasteiger partial charge >= 0.3 is 0 Å². The van der Waals surface area contributed by atoms with Gasteiger partial charge in [-0.25, -0.2) is 0 Å². The summed E-state index contributed by atoms with van der Waals surface area (Å²) >= 11 is 5.98. The molecule has 0 aliphatic heterocycles. The lowest BCUT2D eigenvalue weighted by Crippen LogP contribution is -2.31. The molecular weight excluding hydrogens is 349 g/mol. The third-order valence-electron chi connectivity index (χ3n) is 3.28. The van der Waals surface area contributed by atoms with Gasteiger partial charge in [0.2, 0.25) is 5.91 Å². The van der Waals surface area contributed by atoms with Crippen molar-refractivity contribution in [3.05, 3.63) is 28.8 Å². The lowest BCUT2D eigenvalue weighted by atomic mass is 10.1. The van der Waals surface area contributed by atoms with Gasteiger partial charge in [-0.3, -0.25) is 9.59 Å². The van der Waals surface area contributed by atoms with E-state index in [1.54, 1.807) is 18.2 Å². The van der Waals surface area contributed by atoms with Gasteiger partial charge in [0.25, 0.3) is 5.91 Å². The minimum atomic E-state index is -0.227. The molecule has 0 aliphatic rings. The SMILES string of the molecule is CC(C)NC(=O)c1ccc(Cl)cc1NC(=O)CCCCCCN.Cl. The van der Waals surface area contributed by atoms with Crippen molar-refractivity contribution in [3.8, 4) is 0 Å². The van der Waals surface area contributed by atoms with E-state index in [0.717, 1.165) is 25.7 Å². The molecule has 0 aliphatic carbocycles. The number of amides is 2. The van der Waals surface area contributed by atoms with Gasteiger partial charge in [-0.2, -0.15) is 0 Å². The Morgan fingerprint density at radius 2 is 1.83 bits per heavy atom. The van der Waals surface area contributed by atoms with E-state index in [2.05, 4.69) is 10.6 Å². The predicted molar refractivity (Wildman–Crippen MR) is 102 cm³/mol. The van der Waals surface area contributed by atoms with E-state index in [1.165, 1.54) is 0 Å². The number of nitrogens with one attached hydrogen (secondary N) is 2. The molecule has 4 N–H and O–H groups in total. The van der Waals surface area contributed by atoms with Gasteiger partial charge < -0.3 is 16.4 Å². The fourth-order valence-corrected chi connectivity index (χ4v) is 2.33. The average Bonchev–Trinajstić information content (AvgIpc) is 2.46. The van der Waals surface area contributed by atoms with Crippen molar-refractivity contribution >= 4 is 41.5 Å². The highest BCUT2D eigenvalue weighted by Crippen LogP contribution is 2.22. The van der Waals surface area contributed by atoms with Crippen LogP contribution in [0.1, 0.15) is 56.3 Å². The van der Waals surface area contributed by atoms with Gasteiger partial charge in [-0.1, -0.05) is 24.4 Å². The summed E-state index contributed by atoms with van der Waals surface area (Å²) in [5.41, 5.74) is 6.30. The molecule has 0 fully saturated rings. The molecule has 136 valence electrons. The van der Waals surface area contributed by atoms with Crippen molar-refractivity contribution in [1.29, 1.82) is 0 Å². The molecule has 0 aromatic heterocycles. The Labute approximate surface area is 155 Å². The van der Waals surface area contributed by atoms with Crippen LogP contribution in [0.25, 0.3) is 0 Å². The number of rotatable bonds is 9. The van der Waals surface area contributed by atoms with Crippen LogP contribution in [0.5, 0.6) is 0 Å². The topological polar surface area (TPSA) is 84.2 Å². The first-order valence-corrected chi connectivity index (χ1v) is 8.42. The molecule has 0 unspecified atom stereocenters. The van der Waals surface area contributed by atoms with E-state index >= 15 is 0 Å². The second-order valence-corrected chi connectivity index (χ2v) is 6.26. The summed E-state index contributed by atoms with van der Waals surface area (Å²) in [6, 6.07) is 4.88. The summed E-state index contributed by atoms with van der Waals surface area (Å²) in [6.07, 6.45) is 4.21. The number of carbonyl (C=O) groups excluding carboxylic acids is 2. The van der Waals surface area contributed by atoms with Crippen molar-refractivity contribution < 1.29 is 9.59 Å². The number of unbranched alkanes of at least 4 members (excludes halogenated alkanes) is 3. The number of nitrogens with two attached hydrogens (primary N) is 1. The number of anilines is 1. The van der Waals surface area contributed by atoms with Crippen molar-refractivity contribution in [2.24, 2.45) is 5.73 Å². The van der Waals surface area contributed by atoms with Gasteiger partial charge in [-0.05, 0) is 51.4 Å². The van der Waals surface area contributed by atoms with Crippen LogP contribution in [0.3, 0.4) is 0 Å². The molecule has 0 radical (unpaired) electrons. The number of hydrogen-bond donors (Lipinski definition) is 3. The first-order valence-electron chi connectivity index (χ1n) is 8.04. The zero-order valence-electron chi connectivity index (χ0n) is 14.2. The molecule has 24 heavy (non-hydrogen) atoms. The molecule has 0 bridgehead atoms. The normalized spacial score (nSPS) is 10.2. The van der Waals surface area contributed by atoms with E-state index < -0.39 is 0 Å². The van der Waals surface area contributed by atoms with E-state index in [-0.39, 0.29) is 30.3 Å². The molecule has 1 rings (SSSR count). The van der Waals surface area contributed by atoms with Gasteiger partial charge in [0.05, 0.1) is 11.3 Å². The predicted octanol–water partition coefficient (Wildman–Crippen LogP) is 3.75. The summed E-state index contributed by atoms with van der Waals surface area (Å²) in [6.45, 7) is 4.45. The summed E-state index contributed by atoms with van der Waals surface area (Å²) in [5.74, 6) is -0.339. The molecule has 5 nitrogen and oxygen atoms in total. The number of benzene rings is 1. The number of hydrogen-bond acceptors (Lipinski definition) is 3. The second kappa shape index (κ2) is 12.1. The fourth-order valence-electron chi connectivity index (χ4n) is 2.15. The lowest BCUT2D eigenvalue weighted by molar-refractivity contribution is -0.116. The zero-order chi connectivity index (χ0) is 17.2. The smallest absolute Gasteiger partial charge is 0.253 e. The first-order chi connectivity index (χ1) is 10.9. The zero-order valence-corrected chi connectivity index (χ0v) is 15.8. The summed E-state index contributed by atoms with van der Waals surface area (Å²) in [4.78, 5) is 24.2. The van der Waals surface area contributed by atoms with E-state index in [0.29, 0.717) is 29.2 Å². The standard InChI is InChI=1S/C17H26ClN3O2.ClH/c1-12(2)20-17(23)14-9-8-13(18)11-15(14)21-16(22)7-5-3-4-6-10-19;/h8-9,11-12H,3-7,10,19H2,1-2H3,(H,20,23)(H,21,22);1H. The Morgan fingerprint density at radius 3 is 2.46 bits per heavy atom. The molecule has 0 spiro atoms. The first kappa shape index (κ1) is 22.7. The van der Waals surface area contributed by atoms with Crippen LogP contribution in [0.15, 0.2) is 18.2 Å². The third-order valence-corrected chi connectivity index (χ3v) is 3.51. The molecule has 0 heterocycles. The van der Waals surface area contributed by atoms with Crippen LogP contribution < -0.4 is 16.4 Å². The maximum atomic E-state index is 12.2. The Hall–Kier alpha value is -1.30. The maximum absolute atomic E-state index is 12.2. The largest absolute Gasteiger partial charge is 0.350 e. The van der Waals surface area contributed by atoms with Gasteiger partial charge in [0.1, 0.15) is 0 Å². The Morgan fingerprint density at radius 1 is 1.17 bits per heavy atom. The van der Waals surface area contributed by atoms with Gasteiger partial charge in [0.15, 0.2) is 0 Å². The molecule has 7 heteroatoms. The molecule has 0 saturated heterocycles. The summed E-state index contributed by atoms with van der Waals surface area (Å²) in [5, 5.41) is 6.08. The molecule has 1 aromatic carbocycles. The highest BCUT2D eigenvalue weighted by molar-refractivity contribution is 6.31. The third kappa shape index (κ3) is 8.52. The number of carbonyl (C=O) groups is 2. The molecule has 2 amide bonds. The van der Waals surface area contributed by atoms with Crippen LogP contribution in [0, 0.1) is 0 Å². The van der Waals surface area contributed by atoms with Crippen molar-refractivity contribution in [3.63, 3.8) is 0 Å². The van der Waals surface area contributed by atoms with Crippen LogP contribution in [-0.4, -0.2) is 24.4 Å². The quantitative estimate of drug-likeness (QED) is 0.574. The van der Waals surface area contributed by atoms with Gasteiger partial charge in [-0.15, -0.1) is 12.4 Å². The number of halogens is 2. The lowest BCUT2D eigenvalue weighted by Gasteiger charge is -2.13. The van der Waals surface area contributed by atoms with E-state index in [1.807, 2.05) is 13.8 Å². The molecule has 1 aromatic rings. The molecular formula is C17H27Cl2N3O2. The minimum absolute atomic E-state index is 0. The second-order valence-electron chi connectivity index (χ2n) is 5.82. The van der Waals surface area contributed by atoms with Crippen LogP contribution in [0.4, 0.5) is 5.69 Å². The molecule has 0 atom stereocenters. The van der Waals surface area contributed by atoms with Gasteiger partial charge in [0, 0.05) is 17.5 Å². The summed E-state index contributed by atoms with van der Waals surface area (Å²) in [7, 11) is 0. The van der Waals surface area contributed by atoms with Crippen molar-refractivity contribution in [2.75, 3.05) is 11.9 Å². The average molecular weight is 376 g/mol. The van der Waals surface area contributed by atoms with Crippen LogP contribution in [0.2, 0.25) is 5.02 Å². The Balaban J connectivity index is 0.00000529. The highest BCUT2D eigenvalue weighted by Gasteiger charge is 2.14. The minimum Gasteiger partial charge on any atom is -0.350 e. The fraction of sp³-hybridized carbons (Fsp3) is 0.529. The molecule has 0 saturated carbocycles. The monoisotopic (exact) mass is 375 g/mol. The summed E-state index contributed by atoms with van der Waals surface area (Å²) < 4.78 is 0.